The number of nitrogens with zero attached hydrogens (tertiary/aromatic N) is 2. The summed E-state index contributed by atoms with van der Waals surface area (Å²) in [7, 11) is 0. The number of aliphatic carboxylic acids is 1. The van der Waals surface area contributed by atoms with Crippen molar-refractivity contribution >= 4 is 28.5 Å². The lowest BCUT2D eigenvalue weighted by atomic mass is 9.97. The Morgan fingerprint density at radius 3 is 2.38 bits per heavy atom. The highest BCUT2D eigenvalue weighted by Gasteiger charge is 2.26. The van der Waals surface area contributed by atoms with Crippen molar-refractivity contribution in [3.8, 4) is 5.69 Å². The Hall–Kier alpha value is -2.30. The Kier molecular flexibility index (Phi) is 4.70. The Labute approximate surface area is 157 Å². The summed E-state index contributed by atoms with van der Waals surface area (Å²) >= 11 is 6.77. The molecule has 0 aliphatic carbocycles. The summed E-state index contributed by atoms with van der Waals surface area (Å²) in [5, 5.41) is 11.0. The molecule has 3 aromatic rings. The van der Waals surface area contributed by atoms with Gasteiger partial charge in [-0.05, 0) is 44.1 Å². The number of likely N-dealkylation sites (tertiary alicyclic amines) is 1. The van der Waals surface area contributed by atoms with E-state index in [2.05, 4.69) is 33.7 Å². The van der Waals surface area contributed by atoms with Gasteiger partial charge in [0.2, 0.25) is 0 Å². The van der Waals surface area contributed by atoms with Crippen LogP contribution in [-0.2, 0) is 11.3 Å². The fraction of sp³-hybridized carbons (Fsp3) is 0.286. The highest BCUT2D eigenvalue weighted by Crippen LogP contribution is 2.34. The minimum Gasteiger partial charge on any atom is -0.481 e. The average molecular weight is 369 g/mol. The fourth-order valence-corrected chi connectivity index (χ4v) is 4.12. The zero-order valence-corrected chi connectivity index (χ0v) is 15.2. The number of hydrogen-bond donors (Lipinski definition) is 1. The van der Waals surface area contributed by atoms with Crippen molar-refractivity contribution in [3.63, 3.8) is 0 Å². The van der Waals surface area contributed by atoms with Crippen LogP contribution in [0, 0.1) is 5.92 Å². The first-order valence-corrected chi connectivity index (χ1v) is 9.31. The van der Waals surface area contributed by atoms with Crippen LogP contribution in [0.2, 0.25) is 5.02 Å². The molecule has 4 nitrogen and oxygen atoms in total. The largest absolute Gasteiger partial charge is 0.481 e. The molecular formula is C21H21ClN2O2. The number of rotatable bonds is 4. The molecule has 0 saturated carbocycles. The number of aromatic nitrogens is 1. The van der Waals surface area contributed by atoms with Crippen LogP contribution in [0.4, 0.5) is 0 Å². The highest BCUT2D eigenvalue weighted by molar-refractivity contribution is 6.36. The van der Waals surface area contributed by atoms with Gasteiger partial charge in [0.15, 0.2) is 0 Å². The standard InChI is InChI=1S/C21H21ClN2O2/c22-20-17-8-4-5-9-18(17)24(16-6-2-1-3-7-16)19(20)14-23-12-10-15(11-13-23)21(25)26/h1-9,15H,10-14H2,(H,25,26). The molecule has 0 amide bonds. The maximum absolute atomic E-state index is 11.2. The van der Waals surface area contributed by atoms with Crippen LogP contribution in [0.1, 0.15) is 18.5 Å². The van der Waals surface area contributed by atoms with Crippen LogP contribution in [0.15, 0.2) is 54.6 Å². The van der Waals surface area contributed by atoms with Gasteiger partial charge >= 0.3 is 5.97 Å². The molecule has 4 rings (SSSR count). The molecule has 1 N–H and O–H groups in total. The van der Waals surface area contributed by atoms with E-state index in [0.717, 1.165) is 46.9 Å². The SMILES string of the molecule is O=C(O)C1CCN(Cc2c(Cl)c3ccccc3n2-c2ccccc2)CC1. The highest BCUT2D eigenvalue weighted by atomic mass is 35.5. The fourth-order valence-electron chi connectivity index (χ4n) is 3.82. The topological polar surface area (TPSA) is 45.5 Å². The Morgan fingerprint density at radius 2 is 1.69 bits per heavy atom. The first-order chi connectivity index (χ1) is 12.6. The molecular weight excluding hydrogens is 348 g/mol. The van der Waals surface area contributed by atoms with Gasteiger partial charge in [-0.3, -0.25) is 9.69 Å². The maximum Gasteiger partial charge on any atom is 0.306 e. The zero-order valence-electron chi connectivity index (χ0n) is 14.4. The van der Waals surface area contributed by atoms with Crippen LogP contribution < -0.4 is 0 Å². The van der Waals surface area contributed by atoms with Crippen molar-refractivity contribution in [3.05, 3.63) is 65.3 Å². The van der Waals surface area contributed by atoms with E-state index in [9.17, 15) is 9.90 Å². The summed E-state index contributed by atoms with van der Waals surface area (Å²) in [5.74, 6) is -0.900. The molecule has 2 aromatic carbocycles. The lowest BCUT2D eigenvalue weighted by molar-refractivity contribution is -0.143. The van der Waals surface area contributed by atoms with Crippen molar-refractivity contribution in [1.82, 2.24) is 9.47 Å². The van der Waals surface area contributed by atoms with Crippen LogP contribution >= 0.6 is 11.6 Å². The van der Waals surface area contributed by atoms with Gasteiger partial charge < -0.3 is 9.67 Å². The Morgan fingerprint density at radius 1 is 1.04 bits per heavy atom. The van der Waals surface area contributed by atoms with Crippen LogP contribution in [0.3, 0.4) is 0 Å². The van der Waals surface area contributed by atoms with Gasteiger partial charge in [-0.25, -0.2) is 0 Å². The molecule has 1 fully saturated rings. The van der Waals surface area contributed by atoms with Gasteiger partial charge in [0.25, 0.3) is 0 Å². The van der Waals surface area contributed by atoms with Crippen molar-refractivity contribution in [2.24, 2.45) is 5.92 Å². The van der Waals surface area contributed by atoms with E-state index in [-0.39, 0.29) is 5.92 Å². The quantitative estimate of drug-likeness (QED) is 0.733. The molecule has 2 heterocycles. The predicted octanol–water partition coefficient (Wildman–Crippen LogP) is 4.58. The van der Waals surface area contributed by atoms with Crippen LogP contribution in [0.5, 0.6) is 0 Å². The molecule has 1 aliphatic heterocycles. The third-order valence-corrected chi connectivity index (χ3v) is 5.65. The van der Waals surface area contributed by atoms with Crippen LogP contribution in [0.25, 0.3) is 16.6 Å². The Balaban J connectivity index is 1.71. The van der Waals surface area contributed by atoms with Crippen molar-refractivity contribution in [2.45, 2.75) is 19.4 Å². The second-order valence-electron chi connectivity index (χ2n) is 6.84. The van der Waals surface area contributed by atoms with E-state index in [0.29, 0.717) is 12.8 Å². The van der Waals surface area contributed by atoms with Gasteiger partial charge in [-0.2, -0.15) is 0 Å². The first kappa shape index (κ1) is 17.1. The molecule has 0 atom stereocenters. The molecule has 134 valence electrons. The minimum absolute atomic E-state index is 0.221. The normalized spacial score (nSPS) is 16.2. The first-order valence-electron chi connectivity index (χ1n) is 8.93. The van der Waals surface area contributed by atoms with Crippen molar-refractivity contribution in [1.29, 1.82) is 0 Å². The molecule has 0 bridgehead atoms. The lowest BCUT2D eigenvalue weighted by Gasteiger charge is -2.30. The molecule has 1 saturated heterocycles. The molecule has 26 heavy (non-hydrogen) atoms. The summed E-state index contributed by atoms with van der Waals surface area (Å²) in [4.78, 5) is 13.5. The minimum atomic E-state index is -0.680. The van der Waals surface area contributed by atoms with E-state index in [4.69, 9.17) is 11.6 Å². The van der Waals surface area contributed by atoms with Gasteiger partial charge in [-0.15, -0.1) is 0 Å². The monoisotopic (exact) mass is 368 g/mol. The summed E-state index contributed by atoms with van der Waals surface area (Å²) in [6.07, 6.45) is 1.39. The summed E-state index contributed by atoms with van der Waals surface area (Å²) in [6, 6.07) is 18.4. The van der Waals surface area contributed by atoms with E-state index < -0.39 is 5.97 Å². The third kappa shape index (κ3) is 3.11. The molecule has 0 radical (unpaired) electrons. The van der Waals surface area contributed by atoms with E-state index >= 15 is 0 Å². The van der Waals surface area contributed by atoms with Crippen molar-refractivity contribution in [2.75, 3.05) is 13.1 Å². The molecule has 5 heteroatoms. The number of carboxylic acids is 1. The van der Waals surface area contributed by atoms with Crippen LogP contribution in [-0.4, -0.2) is 33.6 Å². The number of hydrogen-bond acceptors (Lipinski definition) is 2. The van der Waals surface area contributed by atoms with Gasteiger partial charge in [0.1, 0.15) is 0 Å². The number of halogens is 1. The number of fused-ring (bicyclic) bond motifs is 1. The lowest BCUT2D eigenvalue weighted by Crippen LogP contribution is -2.36. The van der Waals surface area contributed by atoms with Gasteiger partial charge in [0, 0.05) is 17.6 Å². The Bertz CT molecular complexity index is 928. The zero-order chi connectivity index (χ0) is 18.1. The second kappa shape index (κ2) is 7.14. The third-order valence-electron chi connectivity index (χ3n) is 5.23. The molecule has 1 aliphatic rings. The molecule has 0 spiro atoms. The smallest absolute Gasteiger partial charge is 0.306 e. The number of para-hydroxylation sites is 2. The number of carboxylic acid groups (broad SMARTS) is 1. The van der Waals surface area contributed by atoms with Crippen molar-refractivity contribution < 1.29 is 9.90 Å². The number of piperidine rings is 1. The number of carbonyl (C=O) groups is 1. The van der Waals surface area contributed by atoms with Gasteiger partial charge in [0.05, 0.1) is 22.2 Å². The second-order valence-corrected chi connectivity index (χ2v) is 7.22. The number of benzene rings is 2. The van der Waals surface area contributed by atoms with E-state index in [1.807, 2.05) is 30.3 Å². The van der Waals surface area contributed by atoms with E-state index in [1.165, 1.54) is 0 Å². The summed E-state index contributed by atoms with van der Waals surface area (Å²) < 4.78 is 2.22. The van der Waals surface area contributed by atoms with Gasteiger partial charge in [-0.1, -0.05) is 48.0 Å². The summed E-state index contributed by atoms with van der Waals surface area (Å²) in [6.45, 7) is 2.28. The summed E-state index contributed by atoms with van der Waals surface area (Å²) in [5.41, 5.74) is 3.25. The maximum atomic E-state index is 11.2. The molecule has 0 unspecified atom stereocenters. The molecule has 1 aromatic heterocycles. The predicted molar refractivity (Wildman–Crippen MR) is 104 cm³/mol. The van der Waals surface area contributed by atoms with E-state index in [1.54, 1.807) is 0 Å². The average Bonchev–Trinajstić information content (AvgIpc) is 2.95.